The van der Waals surface area contributed by atoms with Crippen molar-refractivity contribution in [3.8, 4) is 0 Å². The van der Waals surface area contributed by atoms with Crippen LogP contribution in [0.4, 0.5) is 23.7 Å². The third kappa shape index (κ3) is 4.30. The number of fused-ring (bicyclic) bond motifs is 5. The van der Waals surface area contributed by atoms with Crippen LogP contribution in [0.25, 0.3) is 0 Å². The quantitative estimate of drug-likeness (QED) is 0.412. The normalized spacial score (nSPS) is 35.6. The fourth-order valence-electron chi connectivity index (χ4n) is 8.36. The smallest absolute Gasteiger partial charge is 0.307 e. The van der Waals surface area contributed by atoms with Gasteiger partial charge in [0.2, 0.25) is 0 Å². The Morgan fingerprint density at radius 1 is 1.03 bits per heavy atom. The first kappa shape index (κ1) is 26.3. The molecule has 7 heteroatoms. The van der Waals surface area contributed by atoms with E-state index in [4.69, 9.17) is 0 Å². The van der Waals surface area contributed by atoms with Crippen LogP contribution in [0.15, 0.2) is 30.4 Å². The molecule has 4 nitrogen and oxygen atoms in total. The molecule has 1 aliphatic heterocycles. The Bertz CT molecular complexity index is 1140. The number of anilines is 1. The number of urea groups is 1. The summed E-state index contributed by atoms with van der Waals surface area (Å²) in [5.74, 6) is 1.37. The lowest BCUT2D eigenvalue weighted by atomic mass is 9.48. The highest BCUT2D eigenvalue weighted by Gasteiger charge is 2.59. The molecule has 5 rings (SSSR count). The summed E-state index contributed by atoms with van der Waals surface area (Å²) in [6.45, 7) is 10.1. The Morgan fingerprint density at radius 3 is 2.43 bits per heavy atom. The molecule has 0 bridgehead atoms. The number of benzene rings is 1. The van der Waals surface area contributed by atoms with E-state index in [1.54, 1.807) is 6.08 Å². The minimum atomic E-state index is -4.48. The molecule has 1 aromatic rings. The van der Waals surface area contributed by atoms with Crippen molar-refractivity contribution in [3.63, 3.8) is 0 Å². The van der Waals surface area contributed by atoms with E-state index in [1.165, 1.54) is 36.6 Å². The lowest BCUT2D eigenvalue weighted by Gasteiger charge is -2.59. The van der Waals surface area contributed by atoms with Gasteiger partial charge in [0, 0.05) is 17.2 Å². The fourth-order valence-corrected chi connectivity index (χ4v) is 8.36. The van der Waals surface area contributed by atoms with Crippen molar-refractivity contribution in [2.75, 3.05) is 5.32 Å². The zero-order valence-corrected chi connectivity index (χ0v) is 22.5. The maximum atomic E-state index is 13.7. The van der Waals surface area contributed by atoms with E-state index >= 15 is 0 Å². The number of carbonyl (C=O) groups excluding carboxylic acids is 2. The standard InChI is InChI=1S/C30H39F3N2O2/c1-27(2,3)22-17-18(30(31,32)33)8-10-23(22)34-26(37)35-24-11-9-19-20-7-6-14-28(20,4)15-12-21(19)29(24,5)16-13-25(35)36/h8,10,13,16-17,19-21,24H,6-7,9,11-12,14-15H2,1-5H3,(H,34,37)/t19-,20-,21-,24+,28-,29+/m0/s1. The van der Waals surface area contributed by atoms with Gasteiger partial charge in [-0.05, 0) is 90.9 Å². The van der Waals surface area contributed by atoms with Crippen molar-refractivity contribution in [3.05, 3.63) is 41.5 Å². The first-order valence-corrected chi connectivity index (χ1v) is 13.7. The molecule has 1 N–H and O–H groups in total. The van der Waals surface area contributed by atoms with Gasteiger partial charge in [0.15, 0.2) is 0 Å². The fraction of sp³-hybridized carbons (Fsp3) is 0.667. The number of hydrogen-bond donors (Lipinski definition) is 1. The van der Waals surface area contributed by atoms with Crippen molar-refractivity contribution in [1.29, 1.82) is 0 Å². The van der Waals surface area contributed by atoms with Gasteiger partial charge in [-0.3, -0.25) is 9.69 Å². The molecular formula is C30H39F3N2O2. The van der Waals surface area contributed by atoms with Crippen molar-refractivity contribution >= 4 is 17.6 Å². The third-order valence-corrected chi connectivity index (χ3v) is 10.3. The molecule has 1 heterocycles. The van der Waals surface area contributed by atoms with Crippen LogP contribution in [0, 0.1) is 28.6 Å². The molecule has 3 amide bonds. The van der Waals surface area contributed by atoms with Gasteiger partial charge in [-0.25, -0.2) is 4.79 Å². The Morgan fingerprint density at radius 2 is 1.76 bits per heavy atom. The number of nitrogens with one attached hydrogen (secondary N) is 1. The van der Waals surface area contributed by atoms with Gasteiger partial charge in [0.05, 0.1) is 11.6 Å². The van der Waals surface area contributed by atoms with E-state index in [1.807, 2.05) is 20.8 Å². The number of nitrogens with zero attached hydrogens (tertiary/aromatic N) is 1. The first-order chi connectivity index (χ1) is 17.1. The number of alkyl halides is 3. The summed E-state index contributed by atoms with van der Waals surface area (Å²) >= 11 is 0. The highest BCUT2D eigenvalue weighted by molar-refractivity contribution is 6.06. The van der Waals surface area contributed by atoms with Gasteiger partial charge in [-0.2, -0.15) is 13.2 Å². The van der Waals surface area contributed by atoms with Crippen LogP contribution in [-0.2, 0) is 16.4 Å². The molecule has 0 unspecified atom stereocenters. The largest absolute Gasteiger partial charge is 0.416 e. The molecule has 3 saturated carbocycles. The van der Waals surface area contributed by atoms with Gasteiger partial charge in [-0.1, -0.05) is 47.1 Å². The zero-order valence-electron chi connectivity index (χ0n) is 22.5. The highest BCUT2D eigenvalue weighted by Crippen LogP contribution is 2.64. The molecule has 4 aliphatic rings. The van der Waals surface area contributed by atoms with Crippen LogP contribution in [0.1, 0.15) is 90.7 Å². The second-order valence-electron chi connectivity index (χ2n) is 13.4. The Kier molecular flexibility index (Phi) is 6.12. The molecule has 0 radical (unpaired) electrons. The molecule has 37 heavy (non-hydrogen) atoms. The van der Waals surface area contributed by atoms with E-state index in [-0.39, 0.29) is 17.4 Å². The lowest BCUT2D eigenvalue weighted by Crippen LogP contribution is -2.62. The molecule has 1 aromatic carbocycles. The van der Waals surface area contributed by atoms with Crippen molar-refractivity contribution in [2.24, 2.45) is 28.6 Å². The van der Waals surface area contributed by atoms with Gasteiger partial charge < -0.3 is 5.32 Å². The SMILES string of the molecule is CC(C)(C)c1cc(C(F)(F)F)ccc1NC(=O)N1C(=O)C=C[C@]2(C)[C@H]3CC[C@]4(C)CCC[C@H]4[C@@H]3CC[C@@H]12. The lowest BCUT2D eigenvalue weighted by molar-refractivity contribution is -0.137. The second kappa shape index (κ2) is 8.60. The van der Waals surface area contributed by atoms with Crippen molar-refractivity contribution in [2.45, 2.75) is 97.2 Å². The molecule has 0 spiro atoms. The minimum Gasteiger partial charge on any atom is -0.307 e. The number of carbonyl (C=O) groups is 2. The van der Waals surface area contributed by atoms with E-state index in [0.29, 0.717) is 34.4 Å². The summed E-state index contributed by atoms with van der Waals surface area (Å²) in [6, 6.07) is 2.58. The van der Waals surface area contributed by atoms with E-state index in [0.717, 1.165) is 31.4 Å². The van der Waals surface area contributed by atoms with Crippen LogP contribution in [0.5, 0.6) is 0 Å². The predicted molar refractivity (Wildman–Crippen MR) is 138 cm³/mol. The van der Waals surface area contributed by atoms with Crippen LogP contribution >= 0.6 is 0 Å². The zero-order chi connectivity index (χ0) is 27.0. The Labute approximate surface area is 218 Å². The van der Waals surface area contributed by atoms with Gasteiger partial charge in [0.1, 0.15) is 0 Å². The maximum Gasteiger partial charge on any atom is 0.416 e. The van der Waals surface area contributed by atoms with E-state index in [2.05, 4.69) is 25.2 Å². The maximum absolute atomic E-state index is 13.7. The van der Waals surface area contributed by atoms with Crippen molar-refractivity contribution < 1.29 is 22.8 Å². The number of halogens is 3. The van der Waals surface area contributed by atoms with Crippen LogP contribution < -0.4 is 5.32 Å². The molecule has 6 atom stereocenters. The Hall–Kier alpha value is -2.31. The molecule has 3 fully saturated rings. The van der Waals surface area contributed by atoms with E-state index < -0.39 is 23.2 Å². The highest BCUT2D eigenvalue weighted by atomic mass is 19.4. The van der Waals surface area contributed by atoms with Gasteiger partial charge >= 0.3 is 12.2 Å². The summed E-state index contributed by atoms with van der Waals surface area (Å²) in [6.07, 6.45) is 7.03. The average molecular weight is 517 g/mol. The number of imide groups is 1. The molecular weight excluding hydrogens is 477 g/mol. The molecule has 202 valence electrons. The summed E-state index contributed by atoms with van der Waals surface area (Å²) in [7, 11) is 0. The van der Waals surface area contributed by atoms with Gasteiger partial charge in [-0.15, -0.1) is 0 Å². The molecule has 3 aliphatic carbocycles. The van der Waals surface area contributed by atoms with Crippen molar-refractivity contribution in [1.82, 2.24) is 4.90 Å². The number of rotatable bonds is 1. The van der Waals surface area contributed by atoms with Crippen LogP contribution in [0.3, 0.4) is 0 Å². The minimum absolute atomic E-state index is 0.260. The summed E-state index contributed by atoms with van der Waals surface area (Å²) in [4.78, 5) is 28.1. The van der Waals surface area contributed by atoms with Crippen LogP contribution in [-0.4, -0.2) is 22.9 Å². The first-order valence-electron chi connectivity index (χ1n) is 13.7. The Balaban J connectivity index is 1.44. The number of amides is 3. The average Bonchev–Trinajstić information content (AvgIpc) is 3.20. The summed E-state index contributed by atoms with van der Waals surface area (Å²) < 4.78 is 40.2. The molecule has 0 aromatic heterocycles. The summed E-state index contributed by atoms with van der Waals surface area (Å²) in [5, 5.41) is 2.83. The summed E-state index contributed by atoms with van der Waals surface area (Å²) in [5.41, 5.74) is -0.586. The number of hydrogen-bond acceptors (Lipinski definition) is 2. The predicted octanol–water partition coefficient (Wildman–Crippen LogP) is 7.93. The van der Waals surface area contributed by atoms with E-state index in [9.17, 15) is 22.8 Å². The second-order valence-corrected chi connectivity index (χ2v) is 13.4. The third-order valence-electron chi connectivity index (χ3n) is 10.3. The topological polar surface area (TPSA) is 49.4 Å². The van der Waals surface area contributed by atoms with Crippen LogP contribution in [0.2, 0.25) is 0 Å². The monoisotopic (exact) mass is 516 g/mol. The van der Waals surface area contributed by atoms with Gasteiger partial charge in [0.25, 0.3) is 5.91 Å². The molecule has 0 saturated heterocycles.